The van der Waals surface area contributed by atoms with Gasteiger partial charge in [-0.05, 0) is 76.0 Å². The van der Waals surface area contributed by atoms with E-state index in [1.807, 2.05) is 54.6 Å². The zero-order chi connectivity index (χ0) is 37.3. The highest BCUT2D eigenvalue weighted by Crippen LogP contribution is 2.43. The van der Waals surface area contributed by atoms with Crippen molar-refractivity contribution in [3.05, 3.63) is 224 Å². The van der Waals surface area contributed by atoms with Crippen molar-refractivity contribution in [1.82, 2.24) is 9.80 Å². The van der Waals surface area contributed by atoms with Crippen molar-refractivity contribution in [2.45, 2.75) is 49.1 Å². The molecule has 0 spiro atoms. The van der Waals surface area contributed by atoms with E-state index < -0.39 is 0 Å². The second-order valence-corrected chi connectivity index (χ2v) is 14.8. The van der Waals surface area contributed by atoms with Crippen LogP contribution in [0.4, 0.5) is 0 Å². The Kier molecular flexibility index (Phi) is 12.4. The molecule has 2 saturated heterocycles. The highest BCUT2D eigenvalue weighted by Gasteiger charge is 2.41. The first-order valence-electron chi connectivity index (χ1n) is 18.5. The molecule has 6 aromatic carbocycles. The van der Waals surface area contributed by atoms with E-state index in [1.165, 1.54) is 22.3 Å². The number of halogens is 2. The molecule has 8 heteroatoms. The number of nitrogens with zero attached hydrogens (tertiary/aromatic N) is 5. The second kappa shape index (κ2) is 17.9. The summed E-state index contributed by atoms with van der Waals surface area (Å²) in [7, 11) is 0. The van der Waals surface area contributed by atoms with Gasteiger partial charge in [0, 0.05) is 46.2 Å². The lowest BCUT2D eigenvalue weighted by Crippen LogP contribution is -2.54. The minimum absolute atomic E-state index is 0.0441. The Balaban J connectivity index is 0.000000167. The van der Waals surface area contributed by atoms with Gasteiger partial charge in [-0.2, -0.15) is 0 Å². The van der Waals surface area contributed by atoms with Crippen LogP contribution in [0, 0.1) is 0 Å². The Morgan fingerprint density at radius 1 is 0.519 bits per heavy atom. The van der Waals surface area contributed by atoms with Gasteiger partial charge in [0.1, 0.15) is 0 Å². The maximum absolute atomic E-state index is 9.20. The van der Waals surface area contributed by atoms with Crippen LogP contribution in [0.5, 0.6) is 0 Å². The molecule has 272 valence electrons. The number of benzene rings is 6. The molecule has 6 aromatic rings. The largest absolute Gasteiger partial charge is 0.323 e. The van der Waals surface area contributed by atoms with Gasteiger partial charge in [0.2, 0.25) is 0 Å². The number of hydrogen-bond donors (Lipinski definition) is 1. The van der Waals surface area contributed by atoms with Gasteiger partial charge in [-0.1, -0.05) is 174 Å². The average Bonchev–Trinajstić information content (AvgIpc) is 3.19. The van der Waals surface area contributed by atoms with Crippen LogP contribution in [0.15, 0.2) is 175 Å². The molecule has 2 aliphatic rings. The molecule has 0 amide bonds. The lowest BCUT2D eigenvalue weighted by molar-refractivity contribution is 0.0393. The van der Waals surface area contributed by atoms with Crippen molar-refractivity contribution in [3.8, 4) is 0 Å². The Hall–Kier alpha value is -4.91. The smallest absolute Gasteiger partial charge is 0.0782 e. The fourth-order valence-corrected chi connectivity index (χ4v) is 8.36. The van der Waals surface area contributed by atoms with Crippen LogP contribution in [-0.2, 0) is 0 Å². The van der Waals surface area contributed by atoms with Crippen LogP contribution in [-0.4, -0.2) is 35.0 Å². The average molecular weight is 752 g/mol. The molecule has 2 aliphatic heterocycles. The summed E-state index contributed by atoms with van der Waals surface area (Å²) in [5, 5.41) is 5.56. The topological polar surface area (TPSA) is 81.3 Å². The number of rotatable bonds is 11. The molecule has 0 aromatic heterocycles. The summed E-state index contributed by atoms with van der Waals surface area (Å²) in [5.41, 5.74) is 23.0. The third-order valence-electron chi connectivity index (χ3n) is 10.7. The van der Waals surface area contributed by atoms with Gasteiger partial charge in [0.05, 0.1) is 18.1 Å². The maximum Gasteiger partial charge on any atom is 0.0782 e. The molecule has 0 unspecified atom stereocenters. The Morgan fingerprint density at radius 2 is 0.889 bits per heavy atom. The molecule has 6 nitrogen and oxygen atoms in total. The highest BCUT2D eigenvalue weighted by molar-refractivity contribution is 6.30. The molecule has 0 bridgehead atoms. The molecule has 8 rings (SSSR count). The first kappa shape index (κ1) is 37.4. The third-order valence-corrected chi connectivity index (χ3v) is 11.2. The number of azide groups is 1. The van der Waals surface area contributed by atoms with Crippen LogP contribution < -0.4 is 5.73 Å². The van der Waals surface area contributed by atoms with Crippen molar-refractivity contribution in [2.75, 3.05) is 13.1 Å². The molecule has 2 heterocycles. The van der Waals surface area contributed by atoms with Crippen molar-refractivity contribution in [3.63, 3.8) is 0 Å². The SMILES string of the molecule is N[C@@H](c1cccc(Cl)c1)[C@@H]1CCN1C(c1ccccc1)c1ccccc1.[N-]=[N+]=N[C@@H](c1cccc(Cl)c1)[C@@H]1CCN1C(c1ccccc1)c1ccccc1. The monoisotopic (exact) mass is 750 g/mol. The summed E-state index contributed by atoms with van der Waals surface area (Å²) in [6, 6.07) is 58.4. The molecular formula is C46H44Cl2N6. The Bertz CT molecular complexity index is 2050. The van der Waals surface area contributed by atoms with Gasteiger partial charge in [0.25, 0.3) is 0 Å². The van der Waals surface area contributed by atoms with Gasteiger partial charge < -0.3 is 5.73 Å². The summed E-state index contributed by atoms with van der Waals surface area (Å²) in [6.45, 7) is 2.00. The van der Waals surface area contributed by atoms with Crippen LogP contribution in [0.25, 0.3) is 10.4 Å². The molecule has 54 heavy (non-hydrogen) atoms. The van der Waals surface area contributed by atoms with E-state index in [0.29, 0.717) is 11.1 Å². The lowest BCUT2D eigenvalue weighted by atomic mass is 9.85. The van der Waals surface area contributed by atoms with Crippen molar-refractivity contribution in [1.29, 1.82) is 0 Å². The highest BCUT2D eigenvalue weighted by atomic mass is 35.5. The molecule has 0 radical (unpaired) electrons. The first-order valence-corrected chi connectivity index (χ1v) is 19.3. The maximum atomic E-state index is 9.20. The van der Waals surface area contributed by atoms with Crippen LogP contribution >= 0.6 is 23.2 Å². The molecule has 2 fully saturated rings. The van der Waals surface area contributed by atoms with E-state index in [-0.39, 0.29) is 30.2 Å². The predicted molar refractivity (Wildman–Crippen MR) is 221 cm³/mol. The molecule has 0 aliphatic carbocycles. The van der Waals surface area contributed by atoms with Gasteiger partial charge >= 0.3 is 0 Å². The summed E-state index contributed by atoms with van der Waals surface area (Å²) in [6.07, 6.45) is 2.08. The van der Waals surface area contributed by atoms with E-state index in [1.54, 1.807) is 0 Å². The number of likely N-dealkylation sites (tertiary alicyclic amines) is 2. The van der Waals surface area contributed by atoms with Crippen LogP contribution in [0.1, 0.15) is 70.4 Å². The van der Waals surface area contributed by atoms with E-state index in [4.69, 9.17) is 28.9 Å². The van der Waals surface area contributed by atoms with Gasteiger partial charge in [-0.25, -0.2) is 0 Å². The van der Waals surface area contributed by atoms with Gasteiger partial charge in [-0.3, -0.25) is 9.80 Å². The molecular weight excluding hydrogens is 707 g/mol. The van der Waals surface area contributed by atoms with E-state index in [2.05, 4.69) is 135 Å². The minimum atomic E-state index is -0.271. The Labute approximate surface area is 328 Å². The third kappa shape index (κ3) is 8.56. The molecule has 2 N–H and O–H groups in total. The summed E-state index contributed by atoms with van der Waals surface area (Å²) in [4.78, 5) is 8.10. The van der Waals surface area contributed by atoms with Crippen molar-refractivity contribution in [2.24, 2.45) is 10.8 Å². The van der Waals surface area contributed by atoms with Crippen LogP contribution in [0.3, 0.4) is 0 Å². The van der Waals surface area contributed by atoms with Gasteiger partial charge in [0.15, 0.2) is 0 Å². The fraction of sp³-hybridized carbons (Fsp3) is 0.217. The zero-order valence-corrected chi connectivity index (χ0v) is 31.5. The minimum Gasteiger partial charge on any atom is -0.323 e. The molecule has 4 atom stereocenters. The van der Waals surface area contributed by atoms with E-state index in [0.717, 1.165) is 42.1 Å². The van der Waals surface area contributed by atoms with Crippen molar-refractivity contribution < 1.29 is 0 Å². The number of nitrogens with two attached hydrogens (primary N) is 1. The summed E-state index contributed by atoms with van der Waals surface area (Å²) >= 11 is 12.4. The van der Waals surface area contributed by atoms with E-state index >= 15 is 0 Å². The van der Waals surface area contributed by atoms with Gasteiger partial charge in [-0.15, -0.1) is 0 Å². The quantitative estimate of drug-likeness (QED) is 0.0813. The predicted octanol–water partition coefficient (Wildman–Crippen LogP) is 11.8. The van der Waals surface area contributed by atoms with Crippen molar-refractivity contribution >= 4 is 23.2 Å². The number of hydrogen-bond acceptors (Lipinski definition) is 4. The molecule has 0 saturated carbocycles. The lowest BCUT2D eigenvalue weighted by Gasteiger charge is -2.49. The normalized spacial score (nSPS) is 18.0. The van der Waals surface area contributed by atoms with Crippen LogP contribution in [0.2, 0.25) is 10.0 Å². The van der Waals surface area contributed by atoms with E-state index in [9.17, 15) is 5.53 Å². The second-order valence-electron chi connectivity index (χ2n) is 13.9. The zero-order valence-electron chi connectivity index (χ0n) is 30.0. The fourth-order valence-electron chi connectivity index (χ4n) is 7.96. The summed E-state index contributed by atoms with van der Waals surface area (Å²) in [5.74, 6) is 0. The standard InChI is InChI=1S/C23H21ClN4.C23H23ClN2/c24-20-13-7-12-19(16-20)22(26-27-25)21-14-15-28(21)23(17-8-3-1-4-9-17)18-10-5-2-6-11-18;24-20-13-7-12-19(16-20)22(25)21-14-15-26(21)23(17-8-3-1-4-9-17)18-10-5-2-6-11-18/h1-13,16,21-23H,14-15H2;1-13,16,21-23H,14-15,25H2/t2*21-,22-/m00/s1. The first-order chi connectivity index (χ1) is 26.5. The summed E-state index contributed by atoms with van der Waals surface area (Å²) < 4.78 is 0. The Morgan fingerprint density at radius 3 is 1.26 bits per heavy atom.